The van der Waals surface area contributed by atoms with Gasteiger partial charge in [-0.3, -0.25) is 9.59 Å². The predicted octanol–water partition coefficient (Wildman–Crippen LogP) is 5.86. The van der Waals surface area contributed by atoms with Gasteiger partial charge in [-0.25, -0.2) is 14.6 Å². The van der Waals surface area contributed by atoms with E-state index in [4.69, 9.17) is 19.2 Å². The first-order valence-electron chi connectivity index (χ1n) is 17.9. The second kappa shape index (κ2) is 14.8. The summed E-state index contributed by atoms with van der Waals surface area (Å²) in [5.74, 6) is -1.05. The number of ether oxygens (including phenoxy) is 3. The molecule has 6 rings (SSSR count). The molecule has 3 heterocycles. The number of hydrogen-bond donors (Lipinski definition) is 3. The van der Waals surface area contributed by atoms with Gasteiger partial charge in [0.25, 0.3) is 0 Å². The van der Waals surface area contributed by atoms with Crippen LogP contribution in [0.5, 0.6) is 11.5 Å². The Morgan fingerprint density at radius 3 is 2.43 bits per heavy atom. The number of amides is 3. The first-order chi connectivity index (χ1) is 24.4. The quantitative estimate of drug-likeness (QED) is 0.287. The molecular weight excluding hydrogens is 652 g/mol. The fourth-order valence-corrected chi connectivity index (χ4v) is 7.34. The van der Waals surface area contributed by atoms with Crippen molar-refractivity contribution in [3.8, 4) is 22.8 Å². The van der Waals surface area contributed by atoms with Crippen LogP contribution in [0, 0.1) is 5.92 Å². The van der Waals surface area contributed by atoms with Gasteiger partial charge in [0.1, 0.15) is 40.8 Å². The molecule has 0 spiro atoms. The van der Waals surface area contributed by atoms with Crippen LogP contribution in [-0.2, 0) is 19.1 Å². The number of carbonyl (C=O) groups excluding carboxylic acids is 3. The Labute approximate surface area is 298 Å². The van der Waals surface area contributed by atoms with Crippen molar-refractivity contribution in [2.45, 2.75) is 108 Å². The number of aromatic nitrogens is 1. The molecule has 272 valence electrons. The molecular formula is C39H48N4O8. The fraction of sp³-hybridized carbons (Fsp3) is 0.513. The number of methoxy groups -OCH3 is 1. The summed E-state index contributed by atoms with van der Waals surface area (Å²) in [6.07, 6.45) is 4.45. The van der Waals surface area contributed by atoms with Crippen LogP contribution in [0.1, 0.15) is 78.6 Å². The Bertz CT molecular complexity index is 1780. The van der Waals surface area contributed by atoms with E-state index >= 15 is 0 Å². The second-order valence-electron chi connectivity index (χ2n) is 14.9. The summed E-state index contributed by atoms with van der Waals surface area (Å²) in [6.45, 7) is 5.30. The zero-order chi connectivity index (χ0) is 36.3. The number of benzene rings is 2. The lowest BCUT2D eigenvalue weighted by molar-refractivity contribution is -0.146. The van der Waals surface area contributed by atoms with E-state index in [0.29, 0.717) is 48.4 Å². The van der Waals surface area contributed by atoms with Crippen LogP contribution in [0.15, 0.2) is 54.6 Å². The predicted molar refractivity (Wildman–Crippen MR) is 190 cm³/mol. The van der Waals surface area contributed by atoms with Crippen molar-refractivity contribution in [1.82, 2.24) is 20.5 Å². The van der Waals surface area contributed by atoms with Crippen LogP contribution < -0.4 is 20.1 Å². The van der Waals surface area contributed by atoms with E-state index in [1.165, 1.54) is 4.90 Å². The van der Waals surface area contributed by atoms with Gasteiger partial charge in [-0.15, -0.1) is 0 Å². The number of fused-ring (bicyclic) bond motifs is 3. The summed E-state index contributed by atoms with van der Waals surface area (Å²) in [6, 6.07) is 15.1. The third kappa shape index (κ3) is 8.21. The molecule has 2 aliphatic heterocycles. The van der Waals surface area contributed by atoms with Gasteiger partial charge in [0.05, 0.1) is 24.9 Å². The molecule has 3 N–H and O–H groups in total. The highest BCUT2D eigenvalue weighted by atomic mass is 16.6. The number of carboxylic acids is 1. The molecule has 0 unspecified atom stereocenters. The van der Waals surface area contributed by atoms with Crippen molar-refractivity contribution in [2.24, 2.45) is 5.92 Å². The highest BCUT2D eigenvalue weighted by molar-refractivity contribution is 5.96. The SMILES string of the molecule is COc1ccc2c(O[C@@H]3C[C@H]4C(=O)N[C@]5(C(=O)O)C[C@H]5CCCCCCC[C@H](NC(=O)OC(C)(C)C)C(=O)N4C3)cc(-c3ccccc3)nc2c1. The van der Waals surface area contributed by atoms with Crippen molar-refractivity contribution in [3.05, 3.63) is 54.6 Å². The lowest BCUT2D eigenvalue weighted by Gasteiger charge is -2.30. The van der Waals surface area contributed by atoms with Gasteiger partial charge in [-0.05, 0) is 58.1 Å². The number of carbonyl (C=O) groups is 4. The maximum atomic E-state index is 14.4. The number of carboxylic acid groups (broad SMARTS) is 1. The number of nitrogens with zero attached hydrogens (tertiary/aromatic N) is 2. The Morgan fingerprint density at radius 1 is 1.00 bits per heavy atom. The van der Waals surface area contributed by atoms with Gasteiger partial charge >= 0.3 is 12.1 Å². The van der Waals surface area contributed by atoms with Crippen LogP contribution >= 0.6 is 0 Å². The number of aliphatic carboxylic acids is 1. The standard InChI is InChI=1S/C39H48N4O8/c1-38(2,3)51-37(48)41-29-16-12-7-5-6-11-15-25-22-39(25,36(46)47)42-34(44)32-20-27(23-43(32)35(29)45)50-33-21-30(24-13-9-8-10-14-24)40-31-19-26(49-4)17-18-28(31)33/h8-10,13-14,17-19,21,25,27,29,32H,5-7,11-12,15-16,20,22-23H2,1-4H3,(H,41,48)(H,42,44)(H,46,47)/t25-,27-,29+,32+,39-/m1/s1. The maximum Gasteiger partial charge on any atom is 0.408 e. The second-order valence-corrected chi connectivity index (χ2v) is 14.9. The van der Waals surface area contributed by atoms with Gasteiger partial charge in [0, 0.05) is 29.5 Å². The minimum absolute atomic E-state index is 0.0492. The lowest BCUT2D eigenvalue weighted by atomic mass is 10.0. The van der Waals surface area contributed by atoms with E-state index in [-0.39, 0.29) is 18.9 Å². The van der Waals surface area contributed by atoms with Crippen LogP contribution in [0.4, 0.5) is 4.79 Å². The first kappa shape index (κ1) is 35.9. The minimum Gasteiger partial charge on any atom is -0.497 e. The van der Waals surface area contributed by atoms with E-state index in [1.54, 1.807) is 27.9 Å². The largest absolute Gasteiger partial charge is 0.497 e. The molecule has 12 nitrogen and oxygen atoms in total. The molecule has 1 saturated carbocycles. The molecule has 2 aromatic carbocycles. The Hall–Kier alpha value is -4.87. The summed E-state index contributed by atoms with van der Waals surface area (Å²) in [7, 11) is 1.59. The van der Waals surface area contributed by atoms with Crippen LogP contribution in [0.2, 0.25) is 0 Å². The average Bonchev–Trinajstić information content (AvgIpc) is 3.63. The molecule has 1 aliphatic carbocycles. The maximum absolute atomic E-state index is 14.4. The number of pyridine rings is 1. The van der Waals surface area contributed by atoms with Gasteiger partial charge in [0.15, 0.2) is 0 Å². The smallest absolute Gasteiger partial charge is 0.408 e. The van der Waals surface area contributed by atoms with Crippen molar-refractivity contribution in [1.29, 1.82) is 0 Å². The van der Waals surface area contributed by atoms with Gasteiger partial charge in [-0.2, -0.15) is 0 Å². The van der Waals surface area contributed by atoms with Crippen LogP contribution in [-0.4, -0.2) is 81.8 Å². The molecule has 3 amide bonds. The highest BCUT2D eigenvalue weighted by Gasteiger charge is 2.62. The Morgan fingerprint density at radius 2 is 1.73 bits per heavy atom. The van der Waals surface area contributed by atoms with E-state index < -0.39 is 53.2 Å². The Balaban J connectivity index is 1.34. The molecule has 5 atom stereocenters. The van der Waals surface area contributed by atoms with Crippen LogP contribution in [0.25, 0.3) is 22.2 Å². The summed E-state index contributed by atoms with van der Waals surface area (Å²) in [4.78, 5) is 60.3. The number of rotatable bonds is 6. The average molecular weight is 701 g/mol. The molecule has 1 aromatic heterocycles. The zero-order valence-electron chi connectivity index (χ0n) is 29.8. The topological polar surface area (TPSA) is 156 Å². The minimum atomic E-state index is -1.36. The Kier molecular flexibility index (Phi) is 10.4. The van der Waals surface area contributed by atoms with Crippen LogP contribution in [0.3, 0.4) is 0 Å². The third-order valence-corrected chi connectivity index (χ3v) is 10.1. The van der Waals surface area contributed by atoms with E-state index in [9.17, 15) is 24.3 Å². The number of hydrogen-bond acceptors (Lipinski definition) is 8. The van der Waals surface area contributed by atoms with Gasteiger partial charge in [-0.1, -0.05) is 62.4 Å². The molecule has 12 heteroatoms. The molecule has 3 fully saturated rings. The monoisotopic (exact) mass is 700 g/mol. The normalized spacial score (nSPS) is 25.8. The molecule has 0 bridgehead atoms. The van der Waals surface area contributed by atoms with E-state index in [0.717, 1.165) is 36.6 Å². The fourth-order valence-electron chi connectivity index (χ4n) is 7.34. The summed E-state index contributed by atoms with van der Waals surface area (Å²) >= 11 is 0. The zero-order valence-corrected chi connectivity index (χ0v) is 29.8. The third-order valence-electron chi connectivity index (χ3n) is 10.1. The first-order valence-corrected chi connectivity index (χ1v) is 17.9. The van der Waals surface area contributed by atoms with Crippen molar-refractivity contribution in [3.63, 3.8) is 0 Å². The van der Waals surface area contributed by atoms with Gasteiger partial charge in [0.2, 0.25) is 11.8 Å². The van der Waals surface area contributed by atoms with E-state index in [2.05, 4.69) is 10.6 Å². The molecule has 3 aromatic rings. The molecule has 0 radical (unpaired) electrons. The van der Waals surface area contributed by atoms with Crippen molar-refractivity contribution >= 4 is 34.8 Å². The summed E-state index contributed by atoms with van der Waals surface area (Å²) < 4.78 is 17.6. The highest BCUT2D eigenvalue weighted by Crippen LogP contribution is 2.47. The summed E-state index contributed by atoms with van der Waals surface area (Å²) in [5, 5.41) is 16.6. The number of nitrogens with one attached hydrogen (secondary N) is 2. The number of alkyl carbamates (subject to hydrolysis) is 1. The summed E-state index contributed by atoms with van der Waals surface area (Å²) in [5.41, 5.74) is 0.0816. The molecule has 51 heavy (non-hydrogen) atoms. The molecule has 3 aliphatic rings. The van der Waals surface area contributed by atoms with E-state index in [1.807, 2.05) is 54.6 Å². The van der Waals surface area contributed by atoms with Crippen molar-refractivity contribution in [2.75, 3.05) is 13.7 Å². The molecule has 2 saturated heterocycles. The van der Waals surface area contributed by atoms with Gasteiger partial charge < -0.3 is 34.9 Å². The van der Waals surface area contributed by atoms with Crippen molar-refractivity contribution < 1.29 is 38.5 Å². The lowest BCUT2D eigenvalue weighted by Crippen LogP contribution is -2.56.